The number of hydrogen-bond donors (Lipinski definition) is 0. The van der Waals surface area contributed by atoms with Gasteiger partial charge in [-0.1, -0.05) is 5.10 Å². The molecular weight excluding hydrogens is 188 g/mol. The molecule has 0 spiro atoms. The molecule has 0 aromatic carbocycles. The zero-order chi connectivity index (χ0) is 9.10. The first-order chi connectivity index (χ1) is 6.36. The summed E-state index contributed by atoms with van der Waals surface area (Å²) in [4.78, 5) is 6.00. The summed E-state index contributed by atoms with van der Waals surface area (Å²) in [6.07, 6.45) is 1.31. The predicted octanol–water partition coefficient (Wildman–Crippen LogP) is 1.16. The van der Waals surface area contributed by atoms with E-state index in [0.29, 0.717) is 12.6 Å². The van der Waals surface area contributed by atoms with Gasteiger partial charge in [-0.3, -0.25) is 0 Å². The largest absolute Gasteiger partial charge is 0.411 e. The molecule has 0 N–H and O–H groups in total. The molecule has 2 aromatic heterocycles. The van der Waals surface area contributed by atoms with Crippen LogP contribution in [-0.4, -0.2) is 22.2 Å². The first-order valence-electron chi connectivity index (χ1n) is 3.70. The van der Waals surface area contributed by atoms with Gasteiger partial charge in [0.25, 0.3) is 0 Å². The molecule has 0 bridgehead atoms. The van der Waals surface area contributed by atoms with Crippen molar-refractivity contribution in [2.75, 3.05) is 11.9 Å². The molecule has 0 amide bonds. The fourth-order valence-corrected chi connectivity index (χ4v) is 1.51. The first-order valence-corrected chi connectivity index (χ1v) is 4.65. The maximum atomic E-state index is 5.02. The number of thiazole rings is 1. The standard InChI is InChI=1S/C7H8N4OS/c1-11(7-10-9-4-12-7)2-6-3-13-5-8-6/h3-5H,2H2,1H3. The van der Waals surface area contributed by atoms with Crippen molar-refractivity contribution in [3.63, 3.8) is 0 Å². The van der Waals surface area contributed by atoms with E-state index >= 15 is 0 Å². The topological polar surface area (TPSA) is 55.1 Å². The van der Waals surface area contributed by atoms with Crippen molar-refractivity contribution >= 4 is 17.4 Å². The summed E-state index contributed by atoms with van der Waals surface area (Å²) >= 11 is 1.57. The van der Waals surface area contributed by atoms with E-state index in [9.17, 15) is 0 Å². The maximum absolute atomic E-state index is 5.02. The molecule has 0 unspecified atom stereocenters. The van der Waals surface area contributed by atoms with E-state index in [1.165, 1.54) is 6.39 Å². The van der Waals surface area contributed by atoms with Crippen LogP contribution < -0.4 is 4.90 Å². The van der Waals surface area contributed by atoms with Crippen LogP contribution in [0.2, 0.25) is 0 Å². The summed E-state index contributed by atoms with van der Waals surface area (Å²) in [6.45, 7) is 0.686. The Morgan fingerprint density at radius 3 is 3.15 bits per heavy atom. The summed E-state index contributed by atoms with van der Waals surface area (Å²) in [5, 5.41) is 9.37. The van der Waals surface area contributed by atoms with Crippen LogP contribution in [-0.2, 0) is 6.54 Å². The molecule has 0 aliphatic rings. The molecule has 0 saturated heterocycles. The third-order valence-corrected chi connectivity index (χ3v) is 2.19. The van der Waals surface area contributed by atoms with E-state index in [1.54, 1.807) is 16.8 Å². The third-order valence-electron chi connectivity index (χ3n) is 1.56. The molecule has 0 fully saturated rings. The van der Waals surface area contributed by atoms with Crippen LogP contribution in [0.15, 0.2) is 21.7 Å². The van der Waals surface area contributed by atoms with Crippen LogP contribution >= 0.6 is 11.3 Å². The van der Waals surface area contributed by atoms with Gasteiger partial charge in [-0.25, -0.2) is 4.98 Å². The smallest absolute Gasteiger partial charge is 0.318 e. The van der Waals surface area contributed by atoms with E-state index < -0.39 is 0 Å². The van der Waals surface area contributed by atoms with Gasteiger partial charge in [-0.05, 0) is 0 Å². The Bertz CT molecular complexity index is 344. The van der Waals surface area contributed by atoms with Crippen molar-refractivity contribution in [2.24, 2.45) is 0 Å². The highest BCUT2D eigenvalue weighted by molar-refractivity contribution is 7.07. The molecule has 0 saturated carbocycles. The molecule has 0 radical (unpaired) electrons. The molecule has 0 aliphatic carbocycles. The van der Waals surface area contributed by atoms with Gasteiger partial charge in [0.05, 0.1) is 17.7 Å². The number of aromatic nitrogens is 3. The van der Waals surface area contributed by atoms with Crippen LogP contribution in [0.3, 0.4) is 0 Å². The minimum absolute atomic E-state index is 0.507. The zero-order valence-electron chi connectivity index (χ0n) is 7.04. The Balaban J connectivity index is 2.04. The Kier molecular flexibility index (Phi) is 2.22. The second-order valence-corrected chi connectivity index (χ2v) is 3.28. The first kappa shape index (κ1) is 8.18. The SMILES string of the molecule is CN(Cc1cscn1)c1nnco1. The Morgan fingerprint density at radius 2 is 2.54 bits per heavy atom. The quantitative estimate of drug-likeness (QED) is 0.737. The summed E-state index contributed by atoms with van der Waals surface area (Å²) in [7, 11) is 1.88. The van der Waals surface area contributed by atoms with Gasteiger partial charge in [0.1, 0.15) is 0 Å². The zero-order valence-corrected chi connectivity index (χ0v) is 7.86. The average Bonchev–Trinajstić information content (AvgIpc) is 2.74. The molecule has 2 aromatic rings. The lowest BCUT2D eigenvalue weighted by Gasteiger charge is -2.10. The highest BCUT2D eigenvalue weighted by Gasteiger charge is 2.07. The minimum Gasteiger partial charge on any atom is -0.411 e. The molecule has 0 aliphatic heterocycles. The lowest BCUT2D eigenvalue weighted by molar-refractivity contribution is 0.540. The van der Waals surface area contributed by atoms with Crippen LogP contribution in [0.25, 0.3) is 0 Å². The van der Waals surface area contributed by atoms with E-state index in [-0.39, 0.29) is 0 Å². The molecule has 68 valence electrons. The molecule has 2 rings (SSSR count). The lowest BCUT2D eigenvalue weighted by atomic mass is 10.4. The van der Waals surface area contributed by atoms with Crippen molar-refractivity contribution in [1.82, 2.24) is 15.2 Å². The van der Waals surface area contributed by atoms with Gasteiger partial charge in [-0.2, -0.15) is 0 Å². The second-order valence-electron chi connectivity index (χ2n) is 2.56. The summed E-state index contributed by atoms with van der Waals surface area (Å²) in [5.41, 5.74) is 2.81. The van der Waals surface area contributed by atoms with Gasteiger partial charge >= 0.3 is 6.01 Å². The van der Waals surface area contributed by atoms with E-state index in [4.69, 9.17) is 4.42 Å². The fraction of sp³-hybridized carbons (Fsp3) is 0.286. The Morgan fingerprint density at radius 1 is 1.62 bits per heavy atom. The van der Waals surface area contributed by atoms with Crippen molar-refractivity contribution in [3.05, 3.63) is 23.0 Å². The summed E-state index contributed by atoms with van der Waals surface area (Å²) in [6, 6.07) is 0.507. The summed E-state index contributed by atoms with van der Waals surface area (Å²) in [5.74, 6) is 0. The monoisotopic (exact) mass is 196 g/mol. The average molecular weight is 196 g/mol. The van der Waals surface area contributed by atoms with Gasteiger partial charge in [0, 0.05) is 12.4 Å². The highest BCUT2D eigenvalue weighted by Crippen LogP contribution is 2.10. The van der Waals surface area contributed by atoms with Gasteiger partial charge < -0.3 is 9.32 Å². The lowest BCUT2D eigenvalue weighted by Crippen LogP contribution is -2.16. The van der Waals surface area contributed by atoms with E-state index in [1.807, 2.05) is 17.3 Å². The van der Waals surface area contributed by atoms with Gasteiger partial charge in [0.15, 0.2) is 0 Å². The molecule has 6 heteroatoms. The fourth-order valence-electron chi connectivity index (χ4n) is 0.960. The maximum Gasteiger partial charge on any atom is 0.318 e. The van der Waals surface area contributed by atoms with Crippen LogP contribution in [0.1, 0.15) is 5.69 Å². The number of nitrogens with zero attached hydrogens (tertiary/aromatic N) is 4. The molecule has 2 heterocycles. The predicted molar refractivity (Wildman–Crippen MR) is 48.5 cm³/mol. The normalized spacial score (nSPS) is 10.2. The molecule has 13 heavy (non-hydrogen) atoms. The highest BCUT2D eigenvalue weighted by atomic mass is 32.1. The van der Waals surface area contributed by atoms with Crippen molar-refractivity contribution in [2.45, 2.75) is 6.54 Å². The van der Waals surface area contributed by atoms with Crippen molar-refractivity contribution in [1.29, 1.82) is 0 Å². The molecule has 0 atom stereocenters. The number of rotatable bonds is 3. The number of anilines is 1. The van der Waals surface area contributed by atoms with Crippen molar-refractivity contribution < 1.29 is 4.42 Å². The Labute approximate surface area is 79.0 Å². The van der Waals surface area contributed by atoms with Gasteiger partial charge in [-0.15, -0.1) is 16.4 Å². The molecular formula is C7H8N4OS. The number of hydrogen-bond acceptors (Lipinski definition) is 6. The van der Waals surface area contributed by atoms with Gasteiger partial charge in [0.2, 0.25) is 6.39 Å². The van der Waals surface area contributed by atoms with E-state index in [0.717, 1.165) is 5.69 Å². The Hall–Kier alpha value is -1.43. The van der Waals surface area contributed by atoms with Crippen LogP contribution in [0.5, 0.6) is 0 Å². The third kappa shape index (κ3) is 1.83. The van der Waals surface area contributed by atoms with E-state index in [2.05, 4.69) is 15.2 Å². The minimum atomic E-state index is 0.507. The summed E-state index contributed by atoms with van der Waals surface area (Å²) < 4.78 is 5.02. The second kappa shape index (κ2) is 3.53. The molecule has 5 nitrogen and oxygen atoms in total. The van der Waals surface area contributed by atoms with Crippen molar-refractivity contribution in [3.8, 4) is 0 Å². The van der Waals surface area contributed by atoms with Crippen LogP contribution in [0.4, 0.5) is 6.01 Å². The van der Waals surface area contributed by atoms with Crippen LogP contribution in [0, 0.1) is 0 Å².